The Morgan fingerprint density at radius 3 is 2.46 bits per heavy atom. The maximum atomic E-state index is 12.5. The third kappa shape index (κ3) is 3.33. The number of imide groups is 1. The van der Waals surface area contributed by atoms with Crippen molar-refractivity contribution < 1.29 is 19.5 Å². The van der Waals surface area contributed by atoms with Gasteiger partial charge >= 0.3 is 5.97 Å². The van der Waals surface area contributed by atoms with Crippen LogP contribution in [0.1, 0.15) is 22.3 Å². The highest BCUT2D eigenvalue weighted by Crippen LogP contribution is 2.34. The van der Waals surface area contributed by atoms with Crippen molar-refractivity contribution >= 4 is 29.5 Å². The van der Waals surface area contributed by atoms with Gasteiger partial charge in [-0.05, 0) is 17.7 Å². The zero-order valence-electron chi connectivity index (χ0n) is 12.7. The second-order valence-electron chi connectivity index (χ2n) is 5.42. The summed E-state index contributed by atoms with van der Waals surface area (Å²) in [7, 11) is 0. The second kappa shape index (κ2) is 6.88. The highest BCUT2D eigenvalue weighted by Gasteiger charge is 2.39. The van der Waals surface area contributed by atoms with Gasteiger partial charge in [0.15, 0.2) is 0 Å². The number of nitrogens with zero attached hydrogens (tertiary/aromatic N) is 1. The number of benzene rings is 2. The van der Waals surface area contributed by atoms with Crippen LogP contribution in [0.5, 0.6) is 0 Å². The molecule has 0 unspecified atom stereocenters. The van der Waals surface area contributed by atoms with Gasteiger partial charge in [0.05, 0.1) is 17.4 Å². The molecule has 3 rings (SSSR count). The van der Waals surface area contributed by atoms with Gasteiger partial charge in [-0.1, -0.05) is 42.5 Å². The first-order valence-electron chi connectivity index (χ1n) is 7.43. The number of carbonyl (C=O) groups is 3. The van der Waals surface area contributed by atoms with Gasteiger partial charge in [-0.3, -0.25) is 14.5 Å². The molecule has 1 saturated heterocycles. The molecule has 2 aromatic rings. The third-order valence-electron chi connectivity index (χ3n) is 3.77. The lowest BCUT2D eigenvalue weighted by molar-refractivity contribution is -0.138. The van der Waals surface area contributed by atoms with Gasteiger partial charge in [0.2, 0.25) is 11.8 Å². The molecule has 0 saturated carbocycles. The van der Waals surface area contributed by atoms with Crippen LogP contribution in [0.3, 0.4) is 0 Å². The van der Waals surface area contributed by atoms with E-state index in [9.17, 15) is 19.5 Å². The summed E-state index contributed by atoms with van der Waals surface area (Å²) in [5.41, 5.74) is 1.03. The molecule has 2 aromatic carbocycles. The average molecular weight is 341 g/mol. The molecule has 1 fully saturated rings. The molecule has 2 amide bonds. The van der Waals surface area contributed by atoms with Crippen LogP contribution in [-0.2, 0) is 16.1 Å². The van der Waals surface area contributed by atoms with Crippen LogP contribution >= 0.6 is 11.8 Å². The number of carboxylic acids is 1. The van der Waals surface area contributed by atoms with E-state index in [1.807, 2.05) is 30.3 Å². The minimum atomic E-state index is -1.05. The van der Waals surface area contributed by atoms with Crippen LogP contribution in [0.2, 0.25) is 0 Å². The van der Waals surface area contributed by atoms with Crippen LogP contribution in [0.25, 0.3) is 0 Å². The lowest BCUT2D eigenvalue weighted by atomic mass is 10.2. The van der Waals surface area contributed by atoms with E-state index in [0.29, 0.717) is 4.90 Å². The first-order chi connectivity index (χ1) is 11.6. The number of carboxylic acid groups (broad SMARTS) is 1. The van der Waals surface area contributed by atoms with Crippen LogP contribution in [0.4, 0.5) is 0 Å². The van der Waals surface area contributed by atoms with E-state index >= 15 is 0 Å². The number of hydrogen-bond donors (Lipinski definition) is 1. The molecule has 6 heteroatoms. The fraction of sp³-hybridized carbons (Fsp3) is 0.167. The predicted octanol–water partition coefficient (Wildman–Crippen LogP) is 2.80. The normalized spacial score (nSPS) is 17.3. The van der Waals surface area contributed by atoms with Gasteiger partial charge in [-0.15, -0.1) is 11.8 Å². The van der Waals surface area contributed by atoms with E-state index < -0.39 is 11.2 Å². The summed E-state index contributed by atoms with van der Waals surface area (Å²) in [6, 6.07) is 15.8. The summed E-state index contributed by atoms with van der Waals surface area (Å²) in [6.45, 7) is 0.246. The molecule has 0 radical (unpaired) electrons. The van der Waals surface area contributed by atoms with E-state index in [1.165, 1.54) is 11.0 Å². The van der Waals surface area contributed by atoms with Crippen LogP contribution < -0.4 is 0 Å². The minimum Gasteiger partial charge on any atom is -0.478 e. The highest BCUT2D eigenvalue weighted by atomic mass is 32.2. The lowest BCUT2D eigenvalue weighted by Gasteiger charge is -2.15. The zero-order chi connectivity index (χ0) is 17.1. The molecule has 1 N–H and O–H groups in total. The summed E-state index contributed by atoms with van der Waals surface area (Å²) in [4.78, 5) is 37.7. The number of aromatic carboxylic acids is 1. The van der Waals surface area contributed by atoms with Crippen molar-refractivity contribution in [1.82, 2.24) is 4.90 Å². The maximum absolute atomic E-state index is 12.5. The predicted molar refractivity (Wildman–Crippen MR) is 89.7 cm³/mol. The van der Waals surface area contributed by atoms with E-state index in [2.05, 4.69) is 0 Å². The molecular weight excluding hydrogens is 326 g/mol. The summed E-state index contributed by atoms with van der Waals surface area (Å²) in [6.07, 6.45) is 0.0876. The molecule has 1 aliphatic rings. The van der Waals surface area contributed by atoms with Crippen molar-refractivity contribution in [3.05, 3.63) is 65.7 Å². The Balaban J connectivity index is 1.76. The Morgan fingerprint density at radius 1 is 1.08 bits per heavy atom. The van der Waals surface area contributed by atoms with Gasteiger partial charge in [0, 0.05) is 11.3 Å². The Bertz CT molecular complexity index is 791. The fourth-order valence-electron chi connectivity index (χ4n) is 2.58. The van der Waals surface area contributed by atoms with Crippen LogP contribution in [-0.4, -0.2) is 33.0 Å². The fourth-order valence-corrected chi connectivity index (χ4v) is 3.78. The van der Waals surface area contributed by atoms with Crippen molar-refractivity contribution in [1.29, 1.82) is 0 Å². The van der Waals surface area contributed by atoms with Crippen LogP contribution in [0.15, 0.2) is 59.5 Å². The number of hydrogen-bond acceptors (Lipinski definition) is 4. The number of rotatable bonds is 5. The van der Waals surface area contributed by atoms with E-state index in [1.54, 1.807) is 18.2 Å². The molecular formula is C18H15NO4S. The Hall–Kier alpha value is -2.60. The van der Waals surface area contributed by atoms with Gasteiger partial charge in [0.1, 0.15) is 0 Å². The number of amides is 2. The molecule has 24 heavy (non-hydrogen) atoms. The van der Waals surface area contributed by atoms with Crippen molar-refractivity contribution in [2.45, 2.75) is 23.1 Å². The van der Waals surface area contributed by atoms with Crippen LogP contribution in [0, 0.1) is 0 Å². The zero-order valence-corrected chi connectivity index (χ0v) is 13.5. The summed E-state index contributed by atoms with van der Waals surface area (Å²) >= 11 is 1.14. The number of thioether (sulfide) groups is 1. The van der Waals surface area contributed by atoms with Gasteiger partial charge in [0.25, 0.3) is 0 Å². The quantitative estimate of drug-likeness (QED) is 0.847. The number of likely N-dealkylation sites (tertiary alicyclic amines) is 1. The van der Waals surface area contributed by atoms with Crippen molar-refractivity contribution in [2.24, 2.45) is 0 Å². The molecule has 0 aromatic heterocycles. The highest BCUT2D eigenvalue weighted by molar-refractivity contribution is 8.00. The maximum Gasteiger partial charge on any atom is 0.336 e. The first-order valence-corrected chi connectivity index (χ1v) is 8.31. The minimum absolute atomic E-state index is 0.0876. The molecule has 0 spiro atoms. The van der Waals surface area contributed by atoms with E-state index in [0.717, 1.165) is 17.3 Å². The summed E-state index contributed by atoms with van der Waals surface area (Å²) in [5.74, 6) is -1.54. The topological polar surface area (TPSA) is 74.7 Å². The van der Waals surface area contributed by atoms with Crippen molar-refractivity contribution in [3.8, 4) is 0 Å². The molecule has 1 heterocycles. The van der Waals surface area contributed by atoms with Gasteiger partial charge in [-0.25, -0.2) is 4.79 Å². The Kier molecular flexibility index (Phi) is 4.66. The Labute approximate surface area is 143 Å². The molecule has 0 aliphatic carbocycles. The van der Waals surface area contributed by atoms with E-state index in [4.69, 9.17) is 0 Å². The monoisotopic (exact) mass is 341 g/mol. The van der Waals surface area contributed by atoms with Gasteiger partial charge < -0.3 is 5.11 Å². The van der Waals surface area contributed by atoms with Crippen molar-refractivity contribution in [3.63, 3.8) is 0 Å². The molecule has 1 atom stereocenters. The smallest absolute Gasteiger partial charge is 0.336 e. The third-order valence-corrected chi connectivity index (χ3v) is 5.04. The lowest BCUT2D eigenvalue weighted by Crippen LogP contribution is -2.30. The number of carbonyl (C=O) groups excluding carboxylic acids is 2. The SMILES string of the molecule is O=C(O)c1ccccc1S[C@@H]1CC(=O)N(Cc2ccccc2)C1=O. The summed E-state index contributed by atoms with van der Waals surface area (Å²) < 4.78 is 0. The van der Waals surface area contributed by atoms with Gasteiger partial charge in [-0.2, -0.15) is 0 Å². The molecule has 1 aliphatic heterocycles. The van der Waals surface area contributed by atoms with E-state index in [-0.39, 0.29) is 30.3 Å². The first kappa shape index (κ1) is 16.3. The van der Waals surface area contributed by atoms with Crippen molar-refractivity contribution in [2.75, 3.05) is 0 Å². The molecule has 5 nitrogen and oxygen atoms in total. The molecule has 122 valence electrons. The summed E-state index contributed by atoms with van der Waals surface area (Å²) in [5, 5.41) is 8.65. The average Bonchev–Trinajstić information content (AvgIpc) is 2.84. The standard InChI is InChI=1S/C18H15NO4S/c20-16-10-15(24-14-9-5-4-8-13(14)18(22)23)17(21)19(16)11-12-6-2-1-3-7-12/h1-9,15H,10-11H2,(H,22,23)/t15-/m1/s1. The second-order valence-corrected chi connectivity index (χ2v) is 6.66. The molecule has 0 bridgehead atoms. The largest absolute Gasteiger partial charge is 0.478 e. The Morgan fingerprint density at radius 2 is 1.75 bits per heavy atom.